The van der Waals surface area contributed by atoms with E-state index in [4.69, 9.17) is 14.6 Å². The second-order valence-corrected chi connectivity index (χ2v) is 11.7. The van der Waals surface area contributed by atoms with Crippen molar-refractivity contribution >= 4 is 29.4 Å². The molecule has 2 amide bonds. The zero-order valence-corrected chi connectivity index (χ0v) is 26.1. The number of methoxy groups -OCH3 is 2. The molecule has 0 fully saturated rings. The number of aromatic nitrogens is 3. The molecule has 10 heteroatoms. The number of nitrogens with one attached hydrogen (secondary N) is 1. The molecular formula is C35H33N5O4S. The molecule has 0 spiro atoms. The van der Waals surface area contributed by atoms with E-state index in [2.05, 4.69) is 10.3 Å². The Kier molecular flexibility index (Phi) is 8.84. The number of anilines is 1. The van der Waals surface area contributed by atoms with Gasteiger partial charge >= 0.3 is 0 Å². The Balaban J connectivity index is 1.53. The molecule has 0 radical (unpaired) electrons. The summed E-state index contributed by atoms with van der Waals surface area (Å²) in [6, 6.07) is 29.2. The first-order valence-corrected chi connectivity index (χ1v) is 15.6. The summed E-state index contributed by atoms with van der Waals surface area (Å²) >= 11 is 1.50. The number of fused-ring (bicyclic) bond motifs is 1. The summed E-state index contributed by atoms with van der Waals surface area (Å²) in [6.45, 7) is 2.09. The maximum Gasteiger partial charge on any atom is 0.240 e. The maximum absolute atomic E-state index is 14.0. The molecule has 1 aliphatic heterocycles. The number of carbonyl (C=O) groups excluding carboxylic acids is 2. The Morgan fingerprint density at radius 3 is 2.49 bits per heavy atom. The van der Waals surface area contributed by atoms with Gasteiger partial charge in [-0.25, -0.2) is 4.68 Å². The van der Waals surface area contributed by atoms with Gasteiger partial charge in [0.1, 0.15) is 12.4 Å². The van der Waals surface area contributed by atoms with Crippen LogP contribution in [-0.2, 0) is 16.1 Å². The highest BCUT2D eigenvalue weighted by atomic mass is 32.2. The predicted molar refractivity (Wildman–Crippen MR) is 176 cm³/mol. The molecule has 9 nitrogen and oxygen atoms in total. The molecule has 3 aromatic carbocycles. The Hall–Kier alpha value is -5.09. The third kappa shape index (κ3) is 6.28. The second-order valence-electron chi connectivity index (χ2n) is 10.6. The van der Waals surface area contributed by atoms with E-state index in [1.807, 2.05) is 97.9 Å². The van der Waals surface area contributed by atoms with E-state index in [0.29, 0.717) is 17.3 Å². The molecule has 5 aromatic rings. The van der Waals surface area contributed by atoms with E-state index in [-0.39, 0.29) is 35.9 Å². The number of rotatable bonds is 9. The molecule has 45 heavy (non-hydrogen) atoms. The first-order valence-electron chi connectivity index (χ1n) is 14.5. The predicted octanol–water partition coefficient (Wildman–Crippen LogP) is 5.75. The van der Waals surface area contributed by atoms with Crippen LogP contribution in [0.25, 0.3) is 16.9 Å². The highest BCUT2D eigenvalue weighted by molar-refractivity contribution is 8.00. The molecule has 0 bridgehead atoms. The minimum atomic E-state index is -0.306. The lowest BCUT2D eigenvalue weighted by atomic mass is 9.99. The molecule has 0 saturated heterocycles. The summed E-state index contributed by atoms with van der Waals surface area (Å²) < 4.78 is 13.0. The Morgan fingerprint density at radius 1 is 0.956 bits per heavy atom. The van der Waals surface area contributed by atoms with Crippen molar-refractivity contribution in [3.05, 3.63) is 120 Å². The van der Waals surface area contributed by atoms with Crippen LogP contribution >= 0.6 is 11.8 Å². The molecule has 228 valence electrons. The molecule has 3 heterocycles. The number of hydrogen-bond donors (Lipinski definition) is 1. The van der Waals surface area contributed by atoms with Crippen molar-refractivity contribution < 1.29 is 19.1 Å². The molecule has 1 atom stereocenters. The first kappa shape index (κ1) is 30.0. The number of carbonyl (C=O) groups is 2. The van der Waals surface area contributed by atoms with Gasteiger partial charge in [0, 0.05) is 17.3 Å². The van der Waals surface area contributed by atoms with Gasteiger partial charge in [-0.1, -0.05) is 54.6 Å². The molecule has 1 aliphatic rings. The summed E-state index contributed by atoms with van der Waals surface area (Å²) in [5.74, 6) is 1.43. The molecule has 0 unspecified atom stereocenters. The summed E-state index contributed by atoms with van der Waals surface area (Å²) in [4.78, 5) is 33.3. The van der Waals surface area contributed by atoms with Gasteiger partial charge in [-0.2, -0.15) is 5.10 Å². The van der Waals surface area contributed by atoms with Gasteiger partial charge in [0.2, 0.25) is 11.8 Å². The third-order valence-corrected chi connectivity index (χ3v) is 8.84. The fourth-order valence-electron chi connectivity index (χ4n) is 5.44. The zero-order valence-electron chi connectivity index (χ0n) is 25.3. The number of nitrogens with zero attached hydrogens (tertiary/aromatic N) is 4. The third-order valence-electron chi connectivity index (χ3n) is 7.59. The molecular weight excluding hydrogens is 586 g/mol. The number of ether oxygens (including phenoxy) is 2. The van der Waals surface area contributed by atoms with Crippen LogP contribution in [0.2, 0.25) is 0 Å². The lowest BCUT2D eigenvalue weighted by Crippen LogP contribution is -2.42. The minimum absolute atomic E-state index is 0.156. The Labute approximate surface area is 266 Å². The van der Waals surface area contributed by atoms with E-state index in [1.54, 1.807) is 30.0 Å². The van der Waals surface area contributed by atoms with Crippen LogP contribution in [0.4, 0.5) is 5.82 Å². The SMILES string of the molecule is COc1ccc([C@H]2SCC(=O)N(CC(=O)NCc3ccccn3)c3c2c(-c2ccccc2)nn3-c2cccc(C)c2)cc1OC. The van der Waals surface area contributed by atoms with Gasteiger partial charge in [-0.05, 0) is 54.4 Å². The van der Waals surface area contributed by atoms with Gasteiger partial charge in [0.25, 0.3) is 0 Å². The number of benzene rings is 3. The van der Waals surface area contributed by atoms with Crippen LogP contribution in [-0.4, -0.2) is 53.1 Å². The number of aryl methyl sites for hydroxylation is 1. The molecule has 0 saturated carbocycles. The minimum Gasteiger partial charge on any atom is -0.493 e. The van der Waals surface area contributed by atoms with E-state index >= 15 is 0 Å². The topological polar surface area (TPSA) is 98.6 Å². The van der Waals surface area contributed by atoms with Gasteiger partial charge < -0.3 is 14.8 Å². The number of pyridine rings is 1. The number of thioether (sulfide) groups is 1. The van der Waals surface area contributed by atoms with Crippen LogP contribution < -0.4 is 19.7 Å². The quantitative estimate of drug-likeness (QED) is 0.225. The molecule has 2 aromatic heterocycles. The highest BCUT2D eigenvalue weighted by Crippen LogP contribution is 2.49. The van der Waals surface area contributed by atoms with Crippen LogP contribution in [0.15, 0.2) is 97.2 Å². The zero-order chi connectivity index (χ0) is 31.3. The van der Waals surface area contributed by atoms with Crippen molar-refractivity contribution in [3.63, 3.8) is 0 Å². The normalized spacial score (nSPS) is 14.4. The van der Waals surface area contributed by atoms with Crippen LogP contribution in [0.1, 0.15) is 27.6 Å². The van der Waals surface area contributed by atoms with Gasteiger partial charge in [-0.3, -0.25) is 19.5 Å². The number of amides is 2. The second kappa shape index (κ2) is 13.3. The average Bonchev–Trinajstić information content (AvgIpc) is 3.40. The smallest absolute Gasteiger partial charge is 0.240 e. The lowest BCUT2D eigenvalue weighted by molar-refractivity contribution is -0.123. The Bertz CT molecular complexity index is 1830. The fourth-order valence-corrected chi connectivity index (χ4v) is 6.63. The van der Waals surface area contributed by atoms with Crippen molar-refractivity contribution in [2.75, 3.05) is 31.4 Å². The van der Waals surface area contributed by atoms with Crippen LogP contribution in [0.5, 0.6) is 11.5 Å². The summed E-state index contributed by atoms with van der Waals surface area (Å²) in [6.07, 6.45) is 1.68. The van der Waals surface area contributed by atoms with Crippen molar-refractivity contribution in [1.29, 1.82) is 0 Å². The van der Waals surface area contributed by atoms with E-state index in [9.17, 15) is 9.59 Å². The van der Waals surface area contributed by atoms with Crippen molar-refractivity contribution in [1.82, 2.24) is 20.1 Å². The van der Waals surface area contributed by atoms with Crippen molar-refractivity contribution in [2.45, 2.75) is 18.7 Å². The van der Waals surface area contributed by atoms with Crippen molar-refractivity contribution in [3.8, 4) is 28.4 Å². The van der Waals surface area contributed by atoms with Crippen LogP contribution in [0, 0.1) is 6.92 Å². The molecule has 6 rings (SSSR count). The van der Waals surface area contributed by atoms with Gasteiger partial charge in [0.05, 0.1) is 48.8 Å². The van der Waals surface area contributed by atoms with E-state index < -0.39 is 0 Å². The summed E-state index contributed by atoms with van der Waals surface area (Å²) in [5.41, 5.74) is 5.96. The Morgan fingerprint density at radius 2 is 1.76 bits per heavy atom. The average molecular weight is 620 g/mol. The molecule has 1 N–H and O–H groups in total. The fraction of sp³-hybridized carbons (Fsp3) is 0.200. The van der Waals surface area contributed by atoms with Crippen molar-refractivity contribution in [2.24, 2.45) is 0 Å². The van der Waals surface area contributed by atoms with E-state index in [0.717, 1.165) is 39.3 Å². The van der Waals surface area contributed by atoms with Gasteiger partial charge in [0.15, 0.2) is 11.5 Å². The standard InChI is InChI=1S/C35H33N5O4S/c1-23-10-9-14-27(18-23)40-35-32(33(38-40)24-11-5-4-6-12-24)34(25-15-16-28(43-2)29(19-25)44-3)45-22-31(42)39(35)21-30(41)37-20-26-13-7-8-17-36-26/h4-19,34H,20-22H2,1-3H3,(H,37,41)/t34-/m1/s1. The van der Waals surface area contributed by atoms with E-state index in [1.165, 1.54) is 11.8 Å². The molecule has 0 aliphatic carbocycles. The summed E-state index contributed by atoms with van der Waals surface area (Å²) in [7, 11) is 3.21. The van der Waals surface area contributed by atoms with Gasteiger partial charge in [-0.15, -0.1) is 11.8 Å². The maximum atomic E-state index is 14.0. The largest absolute Gasteiger partial charge is 0.493 e. The van der Waals surface area contributed by atoms with Crippen LogP contribution in [0.3, 0.4) is 0 Å². The lowest BCUT2D eigenvalue weighted by Gasteiger charge is -2.23. The highest BCUT2D eigenvalue weighted by Gasteiger charge is 2.38. The first-order chi connectivity index (χ1) is 22.0. The monoisotopic (exact) mass is 619 g/mol. The number of hydrogen-bond acceptors (Lipinski definition) is 7. The summed E-state index contributed by atoms with van der Waals surface area (Å²) in [5, 5.41) is 7.79.